The lowest BCUT2D eigenvalue weighted by Gasteiger charge is -2.28. The van der Waals surface area contributed by atoms with Gasteiger partial charge in [-0.05, 0) is 77.1 Å². The first-order valence-electron chi connectivity index (χ1n) is 19.8. The molecule has 4 amide bonds. The third kappa shape index (κ3) is 13.9. The van der Waals surface area contributed by atoms with E-state index >= 15 is 0 Å². The van der Waals surface area contributed by atoms with Gasteiger partial charge in [0.25, 0.3) is 11.8 Å². The highest BCUT2D eigenvalue weighted by atomic mass is 32.2. The summed E-state index contributed by atoms with van der Waals surface area (Å²) in [6.07, 6.45) is -0.612. The molecule has 0 aromatic heterocycles. The van der Waals surface area contributed by atoms with Crippen LogP contribution in [0.4, 0.5) is 14.5 Å². The molecule has 0 saturated heterocycles. The second-order valence-electron chi connectivity index (χ2n) is 15.5. The van der Waals surface area contributed by atoms with Crippen LogP contribution in [0.1, 0.15) is 83.0 Å². The molecule has 0 aliphatic heterocycles. The van der Waals surface area contributed by atoms with Gasteiger partial charge in [-0.2, -0.15) is 0 Å². The summed E-state index contributed by atoms with van der Waals surface area (Å²) in [6.45, 7) is 6.58. The number of carbonyl (C=O) groups excluding carboxylic acids is 4. The van der Waals surface area contributed by atoms with Crippen LogP contribution >= 0.6 is 0 Å². The highest BCUT2D eigenvalue weighted by Gasteiger charge is 2.31. The number of benzene rings is 4. The van der Waals surface area contributed by atoms with Gasteiger partial charge in [0.1, 0.15) is 17.7 Å². The number of aliphatic hydroxyl groups is 1. The van der Waals surface area contributed by atoms with Gasteiger partial charge in [-0.1, -0.05) is 70.2 Å². The number of amides is 4. The second kappa shape index (κ2) is 21.7. The zero-order valence-corrected chi connectivity index (χ0v) is 36.2. The smallest absolute Gasteiger partial charge is 0.251 e. The minimum atomic E-state index is -3.79. The Morgan fingerprint density at radius 2 is 1.43 bits per heavy atom. The SMILES string of the molecule is CNC(=O)c1cccc([C@@H](C)c2cc(C(=O)N[C@@H](COCc3cc(F)cc(F)c3)[C@@H](O)C[C@@H](C)C(=O)N[C@H](C(=O)NCc3ccccc3)C(C)C)cc(N(C)S(C)(=O)=O)c2)c1. The summed E-state index contributed by atoms with van der Waals surface area (Å²) in [4.78, 5) is 53.2. The number of aliphatic hydroxyl groups excluding tert-OH is 1. The van der Waals surface area contributed by atoms with E-state index in [1.54, 1.807) is 57.2 Å². The molecule has 0 aliphatic carbocycles. The topological polar surface area (TPSA) is 183 Å². The fraction of sp³-hybridized carbons (Fsp3) is 0.378. The molecule has 0 heterocycles. The van der Waals surface area contributed by atoms with Gasteiger partial charge in [-0.3, -0.25) is 23.5 Å². The number of carbonyl (C=O) groups is 4. The monoisotopic (exact) mass is 863 g/mol. The number of anilines is 1. The predicted octanol–water partition coefficient (Wildman–Crippen LogP) is 5.03. The molecule has 0 saturated carbocycles. The first-order chi connectivity index (χ1) is 28.8. The summed E-state index contributed by atoms with van der Waals surface area (Å²) in [7, 11) is -0.943. The number of nitrogens with one attached hydrogen (secondary N) is 4. The van der Waals surface area contributed by atoms with E-state index in [0.29, 0.717) is 22.8 Å². The normalized spacial score (nSPS) is 14.0. The van der Waals surface area contributed by atoms with Crippen molar-refractivity contribution < 1.29 is 46.2 Å². The lowest BCUT2D eigenvalue weighted by Crippen LogP contribution is -2.52. The van der Waals surface area contributed by atoms with Gasteiger partial charge in [0.2, 0.25) is 21.8 Å². The standard InChI is InChI=1S/C45H55F2N5O8S/c1-27(2)41(45(57)49-24-30-12-9-8-10-13-30)51-42(54)28(3)16-40(53)39(26-60-25-31-17-36(46)23-37(47)18-31)50-44(56)35-20-34(21-38(22-35)52(6)61(7,58)59)29(4)32-14-11-15-33(19-32)43(55)48-5/h8-15,17-23,27-29,39-41,53H,16,24-26H2,1-7H3,(H,48,55)(H,49,57)(H,50,56)(H,51,54)/t28-,29-,39+,40+,41+/m1/s1. The van der Waals surface area contributed by atoms with E-state index < -0.39 is 63.5 Å². The van der Waals surface area contributed by atoms with Gasteiger partial charge >= 0.3 is 0 Å². The van der Waals surface area contributed by atoms with E-state index in [9.17, 15) is 41.5 Å². The van der Waals surface area contributed by atoms with Crippen molar-refractivity contribution in [3.63, 3.8) is 0 Å². The van der Waals surface area contributed by atoms with Gasteiger partial charge in [0, 0.05) is 49.7 Å². The molecule has 61 heavy (non-hydrogen) atoms. The van der Waals surface area contributed by atoms with Crippen LogP contribution in [0.3, 0.4) is 0 Å². The third-order valence-corrected chi connectivity index (χ3v) is 11.5. The molecule has 16 heteroatoms. The van der Waals surface area contributed by atoms with Crippen LogP contribution in [0.15, 0.2) is 91.0 Å². The van der Waals surface area contributed by atoms with Gasteiger partial charge in [0.15, 0.2) is 0 Å². The molecule has 13 nitrogen and oxygen atoms in total. The second-order valence-corrected chi connectivity index (χ2v) is 17.5. The summed E-state index contributed by atoms with van der Waals surface area (Å²) >= 11 is 0. The van der Waals surface area contributed by atoms with E-state index in [2.05, 4.69) is 21.3 Å². The molecule has 328 valence electrons. The Morgan fingerprint density at radius 3 is 2.05 bits per heavy atom. The largest absolute Gasteiger partial charge is 0.391 e. The number of ether oxygens (including phenoxy) is 1. The fourth-order valence-corrected chi connectivity index (χ4v) is 7.02. The maximum absolute atomic E-state index is 14.2. The Labute approximate surface area is 356 Å². The van der Waals surface area contributed by atoms with E-state index in [1.807, 2.05) is 37.3 Å². The molecular weight excluding hydrogens is 809 g/mol. The first-order valence-corrected chi connectivity index (χ1v) is 21.7. The van der Waals surface area contributed by atoms with Crippen molar-refractivity contribution in [3.8, 4) is 0 Å². The average molecular weight is 864 g/mol. The minimum Gasteiger partial charge on any atom is -0.391 e. The van der Waals surface area contributed by atoms with Crippen LogP contribution < -0.4 is 25.6 Å². The maximum Gasteiger partial charge on any atom is 0.251 e. The van der Waals surface area contributed by atoms with Crippen molar-refractivity contribution in [1.82, 2.24) is 21.3 Å². The van der Waals surface area contributed by atoms with Crippen molar-refractivity contribution >= 4 is 39.3 Å². The molecule has 0 fully saturated rings. The first kappa shape index (κ1) is 48.0. The van der Waals surface area contributed by atoms with Crippen LogP contribution in [-0.2, 0) is 37.5 Å². The number of halogens is 2. The zero-order chi connectivity index (χ0) is 45.0. The molecule has 4 rings (SSSR count). The Hall–Kier alpha value is -5.71. The maximum atomic E-state index is 14.2. The van der Waals surface area contributed by atoms with E-state index in [-0.39, 0.29) is 60.7 Å². The molecule has 4 aromatic carbocycles. The number of rotatable bonds is 20. The number of sulfonamides is 1. The molecule has 5 N–H and O–H groups in total. The van der Waals surface area contributed by atoms with Crippen molar-refractivity contribution in [2.24, 2.45) is 11.8 Å². The van der Waals surface area contributed by atoms with Crippen LogP contribution in [-0.4, -0.2) is 82.3 Å². The summed E-state index contributed by atoms with van der Waals surface area (Å²) in [5.41, 5.74) is 2.88. The van der Waals surface area contributed by atoms with E-state index in [4.69, 9.17) is 4.74 Å². The van der Waals surface area contributed by atoms with Crippen LogP contribution in [0.25, 0.3) is 0 Å². The molecule has 5 atom stereocenters. The molecule has 0 spiro atoms. The molecule has 0 bridgehead atoms. The molecular formula is C45H55F2N5O8S. The lowest BCUT2D eigenvalue weighted by atomic mass is 9.90. The molecule has 0 aliphatic rings. The number of hydrogen-bond donors (Lipinski definition) is 5. The Balaban J connectivity index is 1.60. The fourth-order valence-electron chi connectivity index (χ4n) is 6.53. The Morgan fingerprint density at radius 1 is 0.770 bits per heavy atom. The average Bonchev–Trinajstić information content (AvgIpc) is 3.22. The van der Waals surface area contributed by atoms with Gasteiger partial charge in [-0.25, -0.2) is 17.2 Å². The van der Waals surface area contributed by atoms with Gasteiger partial charge in [-0.15, -0.1) is 0 Å². The van der Waals surface area contributed by atoms with Gasteiger partial charge in [0.05, 0.1) is 37.3 Å². The summed E-state index contributed by atoms with van der Waals surface area (Å²) in [5.74, 6) is -5.17. The number of hydrogen-bond acceptors (Lipinski definition) is 8. The van der Waals surface area contributed by atoms with E-state index in [1.165, 1.54) is 20.2 Å². The quantitative estimate of drug-likeness (QED) is 0.0820. The highest BCUT2D eigenvalue weighted by Crippen LogP contribution is 2.30. The lowest BCUT2D eigenvalue weighted by molar-refractivity contribution is -0.132. The van der Waals surface area contributed by atoms with Crippen molar-refractivity contribution in [1.29, 1.82) is 0 Å². The minimum absolute atomic E-state index is 0.0220. The van der Waals surface area contributed by atoms with Gasteiger partial charge < -0.3 is 31.1 Å². The van der Waals surface area contributed by atoms with Crippen molar-refractivity contribution in [2.75, 3.05) is 31.3 Å². The Bertz CT molecular complexity index is 2260. The summed E-state index contributed by atoms with van der Waals surface area (Å²) in [6, 6.07) is 21.5. The molecule has 4 aromatic rings. The van der Waals surface area contributed by atoms with E-state index in [0.717, 1.165) is 28.3 Å². The molecule has 0 unspecified atom stereocenters. The van der Waals surface area contributed by atoms with Crippen LogP contribution in [0.2, 0.25) is 0 Å². The van der Waals surface area contributed by atoms with Crippen molar-refractivity contribution in [2.45, 2.75) is 71.4 Å². The van der Waals surface area contributed by atoms with Crippen LogP contribution in [0, 0.1) is 23.5 Å². The Kier molecular flexibility index (Phi) is 17.1. The molecule has 0 radical (unpaired) electrons. The van der Waals surface area contributed by atoms with Crippen LogP contribution in [0.5, 0.6) is 0 Å². The van der Waals surface area contributed by atoms with Crippen molar-refractivity contribution in [3.05, 3.63) is 136 Å². The number of nitrogens with zero attached hydrogens (tertiary/aromatic N) is 1. The summed E-state index contributed by atoms with van der Waals surface area (Å²) < 4.78 is 60.0. The highest BCUT2D eigenvalue weighted by molar-refractivity contribution is 7.92. The third-order valence-electron chi connectivity index (χ3n) is 10.3. The summed E-state index contributed by atoms with van der Waals surface area (Å²) in [5, 5.41) is 22.6. The predicted molar refractivity (Wildman–Crippen MR) is 229 cm³/mol. The zero-order valence-electron chi connectivity index (χ0n) is 35.4.